The van der Waals surface area contributed by atoms with Crippen LogP contribution in [0.3, 0.4) is 0 Å². The van der Waals surface area contributed by atoms with Gasteiger partial charge in [-0.25, -0.2) is 0 Å². The molecule has 0 aliphatic rings. The van der Waals surface area contributed by atoms with Crippen molar-refractivity contribution < 1.29 is 9.47 Å². The van der Waals surface area contributed by atoms with Crippen LogP contribution in [0.4, 0.5) is 0 Å². The summed E-state index contributed by atoms with van der Waals surface area (Å²) in [5.41, 5.74) is 3.56. The molecule has 0 saturated heterocycles. The smallest absolute Gasteiger partial charge is 0.127 e. The molecule has 0 bridgehead atoms. The zero-order valence-electron chi connectivity index (χ0n) is 12.8. The van der Waals surface area contributed by atoms with Gasteiger partial charge in [0.25, 0.3) is 0 Å². The molecule has 3 aromatic rings. The van der Waals surface area contributed by atoms with E-state index in [1.807, 2.05) is 24.4 Å². The minimum absolute atomic E-state index is 0.740. The zero-order valence-corrected chi connectivity index (χ0v) is 12.8. The van der Waals surface area contributed by atoms with Crippen molar-refractivity contribution in [2.45, 2.75) is 13.1 Å². The first-order valence-corrected chi connectivity index (χ1v) is 7.28. The SMILES string of the molecule is COc1ccc(CNCc2cccc3cc[nH]c23)c(OC)c1. The molecule has 0 fully saturated rings. The van der Waals surface area contributed by atoms with Crippen molar-refractivity contribution in [2.75, 3.05) is 14.2 Å². The van der Waals surface area contributed by atoms with Gasteiger partial charge in [-0.3, -0.25) is 0 Å². The minimum atomic E-state index is 0.740. The molecule has 4 nitrogen and oxygen atoms in total. The fraction of sp³-hybridized carbons (Fsp3) is 0.222. The fourth-order valence-corrected chi connectivity index (χ4v) is 2.63. The number of fused-ring (bicyclic) bond motifs is 1. The summed E-state index contributed by atoms with van der Waals surface area (Å²) < 4.78 is 10.6. The average molecular weight is 296 g/mol. The predicted octanol–water partition coefficient (Wildman–Crippen LogP) is 3.47. The molecule has 0 saturated carbocycles. The van der Waals surface area contributed by atoms with E-state index in [1.54, 1.807) is 14.2 Å². The van der Waals surface area contributed by atoms with E-state index in [1.165, 1.54) is 16.5 Å². The molecule has 0 aliphatic carbocycles. The number of methoxy groups -OCH3 is 2. The number of aromatic nitrogens is 1. The van der Waals surface area contributed by atoms with Gasteiger partial charge >= 0.3 is 0 Å². The normalized spacial score (nSPS) is 10.8. The highest BCUT2D eigenvalue weighted by molar-refractivity contribution is 5.82. The maximum Gasteiger partial charge on any atom is 0.127 e. The van der Waals surface area contributed by atoms with Gasteiger partial charge in [-0.05, 0) is 23.1 Å². The summed E-state index contributed by atoms with van der Waals surface area (Å²) in [4.78, 5) is 3.29. The largest absolute Gasteiger partial charge is 0.497 e. The van der Waals surface area contributed by atoms with Gasteiger partial charge in [-0.1, -0.05) is 24.3 Å². The van der Waals surface area contributed by atoms with E-state index in [2.05, 4.69) is 34.6 Å². The van der Waals surface area contributed by atoms with Gasteiger partial charge in [0.15, 0.2) is 0 Å². The lowest BCUT2D eigenvalue weighted by Gasteiger charge is -2.11. The molecule has 2 N–H and O–H groups in total. The molecule has 0 amide bonds. The first-order chi connectivity index (χ1) is 10.8. The zero-order chi connectivity index (χ0) is 15.4. The first kappa shape index (κ1) is 14.5. The van der Waals surface area contributed by atoms with Crippen molar-refractivity contribution in [1.29, 1.82) is 0 Å². The summed E-state index contributed by atoms with van der Waals surface area (Å²) in [6.07, 6.45) is 1.97. The Bertz CT molecular complexity index is 765. The van der Waals surface area contributed by atoms with Crippen molar-refractivity contribution in [3.05, 3.63) is 59.8 Å². The molecule has 1 heterocycles. The van der Waals surface area contributed by atoms with Gasteiger partial charge in [0.1, 0.15) is 11.5 Å². The number of H-pyrrole nitrogens is 1. The van der Waals surface area contributed by atoms with Crippen LogP contribution >= 0.6 is 0 Å². The summed E-state index contributed by atoms with van der Waals surface area (Å²) in [6.45, 7) is 1.54. The van der Waals surface area contributed by atoms with E-state index in [0.717, 1.165) is 30.2 Å². The third-order valence-electron chi connectivity index (χ3n) is 3.80. The third-order valence-corrected chi connectivity index (χ3v) is 3.80. The maximum atomic E-state index is 5.42. The number of ether oxygens (including phenoxy) is 2. The standard InChI is InChI=1S/C18H20N2O2/c1-21-16-7-6-14(17(10-16)22-2)11-19-12-15-5-3-4-13-8-9-20-18(13)15/h3-10,19-20H,11-12H2,1-2H3. The molecule has 0 radical (unpaired) electrons. The van der Waals surface area contributed by atoms with Crippen LogP contribution in [-0.2, 0) is 13.1 Å². The van der Waals surface area contributed by atoms with Crippen LogP contribution in [0, 0.1) is 0 Å². The highest BCUT2D eigenvalue weighted by Crippen LogP contribution is 2.24. The Morgan fingerprint density at radius 1 is 0.955 bits per heavy atom. The predicted molar refractivity (Wildman–Crippen MR) is 88.4 cm³/mol. The van der Waals surface area contributed by atoms with E-state index in [0.29, 0.717) is 0 Å². The molecule has 0 aliphatic heterocycles. The number of hydrogen-bond acceptors (Lipinski definition) is 3. The average Bonchev–Trinajstić information content (AvgIpc) is 3.04. The minimum Gasteiger partial charge on any atom is -0.497 e. The number of benzene rings is 2. The number of nitrogens with one attached hydrogen (secondary N) is 2. The Morgan fingerprint density at radius 2 is 1.82 bits per heavy atom. The highest BCUT2D eigenvalue weighted by Gasteiger charge is 2.06. The van der Waals surface area contributed by atoms with E-state index in [9.17, 15) is 0 Å². The first-order valence-electron chi connectivity index (χ1n) is 7.28. The van der Waals surface area contributed by atoms with Crippen molar-refractivity contribution in [3.63, 3.8) is 0 Å². The lowest BCUT2D eigenvalue weighted by Crippen LogP contribution is -2.13. The second kappa shape index (κ2) is 6.54. The molecule has 0 atom stereocenters. The lowest BCUT2D eigenvalue weighted by molar-refractivity contribution is 0.390. The number of aromatic amines is 1. The molecule has 0 spiro atoms. The van der Waals surface area contributed by atoms with Crippen LogP contribution in [0.1, 0.15) is 11.1 Å². The Hall–Kier alpha value is -2.46. The Morgan fingerprint density at radius 3 is 2.64 bits per heavy atom. The fourth-order valence-electron chi connectivity index (χ4n) is 2.63. The molecule has 4 heteroatoms. The van der Waals surface area contributed by atoms with Crippen molar-refractivity contribution in [1.82, 2.24) is 10.3 Å². The van der Waals surface area contributed by atoms with Crippen molar-refractivity contribution >= 4 is 10.9 Å². The van der Waals surface area contributed by atoms with Gasteiger partial charge in [0, 0.05) is 36.4 Å². The van der Waals surface area contributed by atoms with Crippen molar-refractivity contribution in [3.8, 4) is 11.5 Å². The Kier molecular flexibility index (Phi) is 4.30. The quantitative estimate of drug-likeness (QED) is 0.732. The second-order valence-electron chi connectivity index (χ2n) is 5.14. The van der Waals surface area contributed by atoms with E-state index < -0.39 is 0 Å². The van der Waals surface area contributed by atoms with Gasteiger partial charge in [-0.15, -0.1) is 0 Å². The van der Waals surface area contributed by atoms with Crippen molar-refractivity contribution in [2.24, 2.45) is 0 Å². The van der Waals surface area contributed by atoms with Crippen LogP contribution < -0.4 is 14.8 Å². The van der Waals surface area contributed by atoms with E-state index in [4.69, 9.17) is 9.47 Å². The topological polar surface area (TPSA) is 46.3 Å². The molecule has 114 valence electrons. The molecule has 3 rings (SSSR count). The van der Waals surface area contributed by atoms with Gasteiger partial charge in [-0.2, -0.15) is 0 Å². The number of para-hydroxylation sites is 1. The molecular weight excluding hydrogens is 276 g/mol. The van der Waals surface area contributed by atoms with E-state index in [-0.39, 0.29) is 0 Å². The number of hydrogen-bond donors (Lipinski definition) is 2. The lowest BCUT2D eigenvalue weighted by atomic mass is 10.1. The molecular formula is C18H20N2O2. The second-order valence-corrected chi connectivity index (χ2v) is 5.14. The summed E-state index contributed by atoms with van der Waals surface area (Å²) in [5, 5.41) is 4.71. The summed E-state index contributed by atoms with van der Waals surface area (Å²) in [6, 6.07) is 14.3. The molecule has 0 unspecified atom stereocenters. The monoisotopic (exact) mass is 296 g/mol. The van der Waals surface area contributed by atoms with Gasteiger partial charge in [0.05, 0.1) is 14.2 Å². The van der Waals surface area contributed by atoms with Crippen LogP contribution in [-0.4, -0.2) is 19.2 Å². The summed E-state index contributed by atoms with van der Waals surface area (Å²) in [7, 11) is 3.33. The third kappa shape index (κ3) is 2.92. The molecule has 2 aromatic carbocycles. The number of rotatable bonds is 6. The molecule has 1 aromatic heterocycles. The van der Waals surface area contributed by atoms with Gasteiger partial charge in [0.2, 0.25) is 0 Å². The summed E-state index contributed by atoms with van der Waals surface area (Å²) in [5.74, 6) is 1.64. The van der Waals surface area contributed by atoms with Crippen LogP contribution in [0.2, 0.25) is 0 Å². The molecule has 22 heavy (non-hydrogen) atoms. The maximum absolute atomic E-state index is 5.42. The van der Waals surface area contributed by atoms with Crippen LogP contribution in [0.5, 0.6) is 11.5 Å². The van der Waals surface area contributed by atoms with Crippen LogP contribution in [0.15, 0.2) is 48.7 Å². The Balaban J connectivity index is 1.69. The highest BCUT2D eigenvalue weighted by atomic mass is 16.5. The van der Waals surface area contributed by atoms with E-state index >= 15 is 0 Å². The van der Waals surface area contributed by atoms with Gasteiger partial charge < -0.3 is 19.8 Å². The Labute approximate surface area is 130 Å². The van der Waals surface area contributed by atoms with Crippen LogP contribution in [0.25, 0.3) is 10.9 Å². The summed E-state index contributed by atoms with van der Waals surface area (Å²) >= 11 is 0.